The summed E-state index contributed by atoms with van der Waals surface area (Å²) in [6.45, 7) is 1.63. The number of carbonyl (C=O) groups is 1. The number of benzene rings is 2. The number of rotatable bonds is 7. The molecule has 0 aliphatic carbocycles. The van der Waals surface area contributed by atoms with Gasteiger partial charge >= 0.3 is 0 Å². The molecule has 2 unspecified atom stereocenters. The van der Waals surface area contributed by atoms with Crippen molar-refractivity contribution < 1.29 is 23.0 Å². The van der Waals surface area contributed by atoms with Crippen LogP contribution in [0.5, 0.6) is 11.5 Å². The van der Waals surface area contributed by atoms with Gasteiger partial charge in [-0.25, -0.2) is 13.5 Å². The molecule has 3 atom stereocenters. The van der Waals surface area contributed by atoms with E-state index in [1.165, 1.54) is 11.8 Å². The molecule has 37 heavy (non-hydrogen) atoms. The maximum atomic E-state index is 14.1. The summed E-state index contributed by atoms with van der Waals surface area (Å²) in [7, 11) is 3.09. The number of nitrogens with one attached hydrogen (secondary N) is 3. The first-order valence-corrected chi connectivity index (χ1v) is 11.9. The Balaban J connectivity index is 0.00000320. The van der Waals surface area contributed by atoms with E-state index in [0.29, 0.717) is 34.1 Å². The molecule has 1 amide bonds. The average Bonchev–Trinajstić information content (AvgIpc) is 3.57. The van der Waals surface area contributed by atoms with E-state index in [4.69, 9.17) is 9.47 Å². The van der Waals surface area contributed by atoms with Crippen molar-refractivity contribution in [3.63, 3.8) is 0 Å². The van der Waals surface area contributed by atoms with E-state index in [-0.39, 0.29) is 36.8 Å². The molecule has 3 heterocycles. The Morgan fingerprint density at radius 3 is 2.65 bits per heavy atom. The predicted octanol–water partition coefficient (Wildman–Crippen LogP) is 4.44. The zero-order valence-corrected chi connectivity index (χ0v) is 21.4. The van der Waals surface area contributed by atoms with Gasteiger partial charge in [0.15, 0.2) is 11.5 Å². The van der Waals surface area contributed by atoms with Gasteiger partial charge in [0.05, 0.1) is 26.0 Å². The molecule has 1 aromatic heterocycles. The highest BCUT2D eigenvalue weighted by Crippen LogP contribution is 2.41. The predicted molar refractivity (Wildman–Crippen MR) is 139 cm³/mol. The van der Waals surface area contributed by atoms with Gasteiger partial charge in [0.1, 0.15) is 11.9 Å². The lowest BCUT2D eigenvalue weighted by molar-refractivity contribution is 0.0659. The van der Waals surface area contributed by atoms with Crippen LogP contribution in [0.3, 0.4) is 0 Å². The van der Waals surface area contributed by atoms with Crippen molar-refractivity contribution in [2.45, 2.75) is 37.4 Å². The number of aromatic nitrogens is 2. The van der Waals surface area contributed by atoms with E-state index >= 15 is 0 Å². The minimum atomic E-state index is -2.60. The summed E-state index contributed by atoms with van der Waals surface area (Å²) in [6.07, 6.45) is -1.56. The Kier molecular flexibility index (Phi) is 8.19. The average molecular weight is 534 g/mol. The van der Waals surface area contributed by atoms with Gasteiger partial charge in [0.25, 0.3) is 12.3 Å². The second kappa shape index (κ2) is 11.4. The zero-order valence-electron chi connectivity index (χ0n) is 20.5. The number of alkyl halides is 2. The van der Waals surface area contributed by atoms with Crippen LogP contribution < -0.4 is 25.4 Å². The molecule has 2 aromatic carbocycles. The summed E-state index contributed by atoms with van der Waals surface area (Å²) >= 11 is 0. The quantitative estimate of drug-likeness (QED) is 0.416. The SMILES string of the molecule is COc1ccc(C2CC(C(F)F)n3nc(-c4cccc(C(=O)N[C@@H]5CCNC5)c4)cc3N2)cc1OC.Cl. The number of hydrogen-bond donors (Lipinski definition) is 3. The van der Waals surface area contributed by atoms with E-state index in [1.807, 2.05) is 12.1 Å². The lowest BCUT2D eigenvalue weighted by atomic mass is 9.97. The highest BCUT2D eigenvalue weighted by molar-refractivity contribution is 5.95. The van der Waals surface area contributed by atoms with Crippen molar-refractivity contribution in [2.24, 2.45) is 0 Å². The van der Waals surface area contributed by atoms with E-state index in [0.717, 1.165) is 25.1 Å². The molecule has 1 saturated heterocycles. The molecule has 198 valence electrons. The Morgan fingerprint density at radius 2 is 1.95 bits per heavy atom. The van der Waals surface area contributed by atoms with Gasteiger partial charge in [-0.15, -0.1) is 12.4 Å². The van der Waals surface area contributed by atoms with Crippen LogP contribution in [-0.4, -0.2) is 55.5 Å². The molecule has 2 aliphatic rings. The van der Waals surface area contributed by atoms with Crippen molar-refractivity contribution in [3.05, 3.63) is 59.7 Å². The monoisotopic (exact) mass is 533 g/mol. The summed E-state index contributed by atoms with van der Waals surface area (Å²) in [5, 5.41) is 14.1. The maximum absolute atomic E-state index is 14.1. The molecule has 0 bridgehead atoms. The first-order valence-electron chi connectivity index (χ1n) is 11.9. The summed E-state index contributed by atoms with van der Waals surface area (Å²) in [6, 6.07) is 12.9. The van der Waals surface area contributed by atoms with Gasteiger partial charge in [-0.3, -0.25) is 4.79 Å². The number of amides is 1. The number of halogens is 3. The largest absolute Gasteiger partial charge is 0.493 e. The molecule has 0 saturated carbocycles. The van der Waals surface area contributed by atoms with Gasteiger partial charge in [-0.05, 0) is 49.2 Å². The van der Waals surface area contributed by atoms with Crippen LogP contribution in [0.25, 0.3) is 11.3 Å². The number of anilines is 1. The van der Waals surface area contributed by atoms with Crippen molar-refractivity contribution >= 4 is 24.1 Å². The van der Waals surface area contributed by atoms with E-state index in [2.05, 4.69) is 21.0 Å². The fourth-order valence-corrected chi connectivity index (χ4v) is 4.84. The van der Waals surface area contributed by atoms with Crippen molar-refractivity contribution in [3.8, 4) is 22.8 Å². The topological polar surface area (TPSA) is 89.4 Å². The normalized spacial score (nSPS) is 20.5. The Labute approximate surface area is 220 Å². The first-order chi connectivity index (χ1) is 17.5. The fourth-order valence-electron chi connectivity index (χ4n) is 4.84. The summed E-state index contributed by atoms with van der Waals surface area (Å²) < 4.78 is 40.3. The van der Waals surface area contributed by atoms with Crippen LogP contribution in [0.1, 0.15) is 40.8 Å². The molecule has 5 rings (SSSR count). The first kappa shape index (κ1) is 26.7. The number of carbonyl (C=O) groups excluding carboxylic acids is 1. The van der Waals surface area contributed by atoms with Crippen LogP contribution in [0.15, 0.2) is 48.5 Å². The number of nitrogens with zero attached hydrogens (tertiary/aromatic N) is 2. The number of fused-ring (bicyclic) bond motifs is 1. The summed E-state index contributed by atoms with van der Waals surface area (Å²) in [5.41, 5.74) is 2.53. The third-order valence-corrected chi connectivity index (χ3v) is 6.77. The van der Waals surface area contributed by atoms with Crippen LogP contribution in [0.4, 0.5) is 14.6 Å². The third kappa shape index (κ3) is 5.50. The molecule has 3 N–H and O–H groups in total. The molecule has 8 nitrogen and oxygen atoms in total. The zero-order chi connectivity index (χ0) is 25.2. The standard InChI is InChI=1S/C26H29F2N5O3.ClH/c1-35-22-7-6-16(11-23(22)36-2)19-12-21(25(27)28)33-24(31-19)13-20(32-33)15-4-3-5-17(10-15)26(34)30-18-8-9-29-14-18;/h3-7,10-11,13,18-19,21,25,29,31H,8-9,12,14H2,1-2H3,(H,30,34);1H/t18-,19?,21?;/m1./s1. The van der Waals surface area contributed by atoms with Crippen LogP contribution in [0, 0.1) is 0 Å². The van der Waals surface area contributed by atoms with Crippen molar-refractivity contribution in [1.82, 2.24) is 20.4 Å². The highest BCUT2D eigenvalue weighted by Gasteiger charge is 2.35. The van der Waals surface area contributed by atoms with E-state index in [1.54, 1.807) is 43.5 Å². The summed E-state index contributed by atoms with van der Waals surface area (Å²) in [4.78, 5) is 12.7. The lowest BCUT2D eigenvalue weighted by Crippen LogP contribution is -2.36. The number of hydrogen-bond acceptors (Lipinski definition) is 6. The lowest BCUT2D eigenvalue weighted by Gasteiger charge is -2.32. The molecular weight excluding hydrogens is 504 g/mol. The van der Waals surface area contributed by atoms with Crippen LogP contribution in [0.2, 0.25) is 0 Å². The van der Waals surface area contributed by atoms with Crippen molar-refractivity contribution in [2.75, 3.05) is 32.6 Å². The van der Waals surface area contributed by atoms with Crippen molar-refractivity contribution in [1.29, 1.82) is 0 Å². The molecule has 2 aliphatic heterocycles. The van der Waals surface area contributed by atoms with Crippen LogP contribution in [-0.2, 0) is 0 Å². The highest BCUT2D eigenvalue weighted by atomic mass is 35.5. The van der Waals surface area contributed by atoms with Gasteiger partial charge in [-0.2, -0.15) is 5.10 Å². The smallest absolute Gasteiger partial charge is 0.260 e. The van der Waals surface area contributed by atoms with E-state index in [9.17, 15) is 13.6 Å². The Hall–Kier alpha value is -3.37. The van der Waals surface area contributed by atoms with E-state index < -0.39 is 12.5 Å². The Bertz CT molecular complexity index is 1250. The summed E-state index contributed by atoms with van der Waals surface area (Å²) in [5.74, 6) is 1.44. The number of ether oxygens (including phenoxy) is 2. The minimum absolute atomic E-state index is 0. The van der Waals surface area contributed by atoms with Gasteiger partial charge in [0, 0.05) is 29.8 Å². The molecular formula is C26H30ClF2N5O3. The molecule has 11 heteroatoms. The molecule has 0 radical (unpaired) electrons. The Morgan fingerprint density at radius 1 is 1.14 bits per heavy atom. The second-order valence-corrected chi connectivity index (χ2v) is 9.05. The minimum Gasteiger partial charge on any atom is -0.493 e. The number of methoxy groups -OCH3 is 2. The molecule has 3 aromatic rings. The van der Waals surface area contributed by atoms with Gasteiger partial charge in [-0.1, -0.05) is 18.2 Å². The molecule has 1 fully saturated rings. The fraction of sp³-hybridized carbons (Fsp3) is 0.385. The van der Waals surface area contributed by atoms with Crippen LogP contribution >= 0.6 is 12.4 Å². The second-order valence-electron chi connectivity index (χ2n) is 9.05. The van der Waals surface area contributed by atoms with Gasteiger partial charge < -0.3 is 25.4 Å². The maximum Gasteiger partial charge on any atom is 0.260 e. The third-order valence-electron chi connectivity index (χ3n) is 6.77. The molecule has 0 spiro atoms. The van der Waals surface area contributed by atoms with Gasteiger partial charge in [0.2, 0.25) is 0 Å².